The standard InChI is InChI=1S/C15H23N3O3/c1-10(2)6-7-17-14(19)9-18(3)13-5-4-11(16)8-12(13)15(20)21/h4-5,8,10H,6-7,9,16H2,1-3H3,(H,17,19)(H,20,21). The Balaban J connectivity index is 2.69. The first-order chi connectivity index (χ1) is 9.81. The van der Waals surface area contributed by atoms with Gasteiger partial charge in [-0.25, -0.2) is 4.79 Å². The molecule has 0 aliphatic rings. The van der Waals surface area contributed by atoms with E-state index in [0.29, 0.717) is 23.8 Å². The fraction of sp³-hybridized carbons (Fsp3) is 0.467. The lowest BCUT2D eigenvalue weighted by atomic mass is 10.1. The van der Waals surface area contributed by atoms with Crippen LogP contribution in [-0.2, 0) is 4.79 Å². The molecule has 0 aromatic heterocycles. The number of nitrogens with two attached hydrogens (primary N) is 1. The van der Waals surface area contributed by atoms with E-state index in [1.165, 1.54) is 6.07 Å². The van der Waals surface area contributed by atoms with Gasteiger partial charge in [0.05, 0.1) is 17.8 Å². The van der Waals surface area contributed by atoms with Gasteiger partial charge in [-0.1, -0.05) is 13.8 Å². The summed E-state index contributed by atoms with van der Waals surface area (Å²) in [5.74, 6) is -0.672. The van der Waals surface area contributed by atoms with Gasteiger partial charge in [-0.2, -0.15) is 0 Å². The normalized spacial score (nSPS) is 10.5. The summed E-state index contributed by atoms with van der Waals surface area (Å²) >= 11 is 0. The lowest BCUT2D eigenvalue weighted by molar-refractivity contribution is -0.119. The molecule has 0 radical (unpaired) electrons. The first-order valence-electron chi connectivity index (χ1n) is 6.92. The Morgan fingerprint density at radius 1 is 1.38 bits per heavy atom. The number of nitrogens with zero attached hydrogens (tertiary/aromatic N) is 1. The molecule has 116 valence electrons. The van der Waals surface area contributed by atoms with Crippen LogP contribution < -0.4 is 16.0 Å². The van der Waals surface area contributed by atoms with Gasteiger partial charge in [0, 0.05) is 19.3 Å². The second-order valence-electron chi connectivity index (χ2n) is 5.47. The minimum Gasteiger partial charge on any atom is -0.478 e. The van der Waals surface area contributed by atoms with E-state index >= 15 is 0 Å². The Labute approximate surface area is 124 Å². The van der Waals surface area contributed by atoms with Gasteiger partial charge in [-0.05, 0) is 30.5 Å². The monoisotopic (exact) mass is 293 g/mol. The van der Waals surface area contributed by atoms with E-state index in [1.807, 2.05) is 0 Å². The lowest BCUT2D eigenvalue weighted by Gasteiger charge is -2.21. The molecular weight excluding hydrogens is 270 g/mol. The maximum absolute atomic E-state index is 11.8. The lowest BCUT2D eigenvalue weighted by Crippen LogP contribution is -2.36. The molecule has 0 atom stereocenters. The molecule has 1 rings (SSSR count). The van der Waals surface area contributed by atoms with Crippen molar-refractivity contribution in [3.05, 3.63) is 23.8 Å². The molecule has 0 fully saturated rings. The van der Waals surface area contributed by atoms with Crippen LogP contribution in [0, 0.1) is 5.92 Å². The van der Waals surface area contributed by atoms with Gasteiger partial charge in [-0.3, -0.25) is 4.79 Å². The van der Waals surface area contributed by atoms with Crippen LogP contribution >= 0.6 is 0 Å². The summed E-state index contributed by atoms with van der Waals surface area (Å²) in [4.78, 5) is 24.7. The summed E-state index contributed by atoms with van der Waals surface area (Å²) in [5.41, 5.74) is 6.54. The number of likely N-dealkylation sites (N-methyl/N-ethyl adjacent to an activating group) is 1. The number of nitrogens with one attached hydrogen (secondary N) is 1. The van der Waals surface area contributed by atoms with Gasteiger partial charge in [-0.15, -0.1) is 0 Å². The average molecular weight is 293 g/mol. The number of aromatic carboxylic acids is 1. The largest absolute Gasteiger partial charge is 0.478 e. The molecule has 1 aromatic carbocycles. The van der Waals surface area contributed by atoms with Crippen molar-refractivity contribution in [1.29, 1.82) is 0 Å². The Morgan fingerprint density at radius 2 is 2.05 bits per heavy atom. The van der Waals surface area contributed by atoms with Crippen molar-refractivity contribution in [3.8, 4) is 0 Å². The molecule has 21 heavy (non-hydrogen) atoms. The number of anilines is 2. The summed E-state index contributed by atoms with van der Waals surface area (Å²) in [6, 6.07) is 4.62. The maximum atomic E-state index is 11.8. The summed E-state index contributed by atoms with van der Waals surface area (Å²) in [6.45, 7) is 4.90. The molecule has 0 unspecified atom stereocenters. The summed E-state index contributed by atoms with van der Waals surface area (Å²) in [6.07, 6.45) is 0.914. The van der Waals surface area contributed by atoms with Crippen LogP contribution in [0.5, 0.6) is 0 Å². The van der Waals surface area contributed by atoms with E-state index in [9.17, 15) is 14.7 Å². The SMILES string of the molecule is CC(C)CCNC(=O)CN(C)c1ccc(N)cc1C(=O)O. The number of rotatable bonds is 7. The van der Waals surface area contributed by atoms with E-state index in [0.717, 1.165) is 6.42 Å². The van der Waals surface area contributed by atoms with E-state index in [2.05, 4.69) is 19.2 Å². The third-order valence-corrected chi connectivity index (χ3v) is 3.09. The molecule has 0 heterocycles. The van der Waals surface area contributed by atoms with Crippen molar-refractivity contribution >= 4 is 23.3 Å². The van der Waals surface area contributed by atoms with Crippen molar-refractivity contribution in [2.24, 2.45) is 5.92 Å². The van der Waals surface area contributed by atoms with Gasteiger partial charge < -0.3 is 21.1 Å². The smallest absolute Gasteiger partial charge is 0.337 e. The van der Waals surface area contributed by atoms with E-state index < -0.39 is 5.97 Å². The fourth-order valence-corrected chi connectivity index (χ4v) is 1.91. The highest BCUT2D eigenvalue weighted by atomic mass is 16.4. The Kier molecular flexibility index (Phi) is 6.02. The summed E-state index contributed by atoms with van der Waals surface area (Å²) in [5, 5.41) is 12.0. The predicted octanol–water partition coefficient (Wildman–Crippen LogP) is 1.57. The zero-order valence-corrected chi connectivity index (χ0v) is 12.7. The van der Waals surface area contributed by atoms with Crippen LogP contribution in [0.2, 0.25) is 0 Å². The van der Waals surface area contributed by atoms with E-state index in [1.54, 1.807) is 24.1 Å². The second-order valence-corrected chi connectivity index (χ2v) is 5.47. The van der Waals surface area contributed by atoms with Crippen LogP contribution in [-0.4, -0.2) is 37.1 Å². The highest BCUT2D eigenvalue weighted by Gasteiger charge is 2.15. The van der Waals surface area contributed by atoms with Crippen molar-refractivity contribution in [2.45, 2.75) is 20.3 Å². The molecule has 0 saturated heterocycles. The Bertz CT molecular complexity index is 515. The quantitative estimate of drug-likeness (QED) is 0.663. The molecule has 0 aliphatic heterocycles. The highest BCUT2D eigenvalue weighted by Crippen LogP contribution is 2.22. The zero-order chi connectivity index (χ0) is 16.0. The molecule has 0 saturated carbocycles. The van der Waals surface area contributed by atoms with E-state index in [-0.39, 0.29) is 18.0 Å². The van der Waals surface area contributed by atoms with Crippen molar-refractivity contribution in [1.82, 2.24) is 5.32 Å². The number of nitrogen functional groups attached to an aromatic ring is 1. The Morgan fingerprint density at radius 3 is 2.62 bits per heavy atom. The molecular formula is C15H23N3O3. The van der Waals surface area contributed by atoms with Gasteiger partial charge >= 0.3 is 5.97 Å². The second kappa shape index (κ2) is 7.52. The number of carbonyl (C=O) groups is 2. The molecule has 6 nitrogen and oxygen atoms in total. The predicted molar refractivity (Wildman–Crippen MR) is 83.5 cm³/mol. The van der Waals surface area contributed by atoms with Gasteiger partial charge in [0.2, 0.25) is 5.91 Å². The summed E-state index contributed by atoms with van der Waals surface area (Å²) < 4.78 is 0. The molecule has 0 aliphatic carbocycles. The van der Waals surface area contributed by atoms with Gasteiger partial charge in [0.25, 0.3) is 0 Å². The molecule has 0 bridgehead atoms. The fourth-order valence-electron chi connectivity index (χ4n) is 1.91. The van der Waals surface area contributed by atoms with Gasteiger partial charge in [0.1, 0.15) is 0 Å². The van der Waals surface area contributed by atoms with Crippen LogP contribution in [0.15, 0.2) is 18.2 Å². The molecule has 0 spiro atoms. The number of hydrogen-bond acceptors (Lipinski definition) is 4. The Hall–Kier alpha value is -2.24. The first kappa shape index (κ1) is 16.8. The van der Waals surface area contributed by atoms with E-state index in [4.69, 9.17) is 5.73 Å². The van der Waals surface area contributed by atoms with Crippen LogP contribution in [0.25, 0.3) is 0 Å². The number of benzene rings is 1. The maximum Gasteiger partial charge on any atom is 0.337 e. The van der Waals surface area contributed by atoms with Crippen LogP contribution in [0.3, 0.4) is 0 Å². The third-order valence-electron chi connectivity index (χ3n) is 3.09. The first-order valence-corrected chi connectivity index (χ1v) is 6.92. The molecule has 4 N–H and O–H groups in total. The molecule has 1 aromatic rings. The highest BCUT2D eigenvalue weighted by molar-refractivity contribution is 5.96. The topological polar surface area (TPSA) is 95.7 Å². The number of amides is 1. The third kappa shape index (κ3) is 5.33. The number of carbonyl (C=O) groups excluding carboxylic acids is 1. The van der Waals surface area contributed by atoms with Crippen molar-refractivity contribution < 1.29 is 14.7 Å². The van der Waals surface area contributed by atoms with Crippen molar-refractivity contribution in [2.75, 3.05) is 30.8 Å². The number of hydrogen-bond donors (Lipinski definition) is 3. The zero-order valence-electron chi connectivity index (χ0n) is 12.7. The van der Waals surface area contributed by atoms with Gasteiger partial charge in [0.15, 0.2) is 0 Å². The minimum absolute atomic E-state index is 0.0903. The number of carboxylic acid groups (broad SMARTS) is 1. The van der Waals surface area contributed by atoms with Crippen LogP contribution in [0.4, 0.5) is 11.4 Å². The number of carboxylic acids is 1. The molecule has 1 amide bonds. The summed E-state index contributed by atoms with van der Waals surface area (Å²) in [7, 11) is 1.68. The average Bonchev–Trinajstić information content (AvgIpc) is 2.37. The van der Waals surface area contributed by atoms with Crippen molar-refractivity contribution in [3.63, 3.8) is 0 Å². The molecule has 6 heteroatoms. The van der Waals surface area contributed by atoms with Crippen LogP contribution in [0.1, 0.15) is 30.6 Å². The minimum atomic E-state index is -1.07.